The van der Waals surface area contributed by atoms with Crippen molar-refractivity contribution in [1.82, 2.24) is 0 Å². The number of ether oxygens (including phenoxy) is 2. The summed E-state index contributed by atoms with van der Waals surface area (Å²) in [6.07, 6.45) is 0. The number of alkyl halides is 3. The van der Waals surface area contributed by atoms with E-state index in [0.29, 0.717) is 39.6 Å². The smallest absolute Gasteiger partial charge is 0.258 e. The molecule has 0 aliphatic carbocycles. The number of amides is 4. The molecule has 5 unspecified atom stereocenters. The maximum atomic E-state index is 13.6. The van der Waals surface area contributed by atoms with E-state index >= 15 is 0 Å². The number of carbonyl (C=O) groups excluding carboxylic acids is 6. The van der Waals surface area contributed by atoms with Crippen molar-refractivity contribution in [3.63, 3.8) is 0 Å². The molecule has 0 fully saturated rings. The van der Waals surface area contributed by atoms with Gasteiger partial charge in [0.2, 0.25) is 12.1 Å². The molecule has 5 rings (SSSR count). The number of carbonyl (C=O) groups is 6. The van der Waals surface area contributed by atoms with Crippen LogP contribution in [0.5, 0.6) is 11.5 Å². The molecule has 0 radical (unpaired) electrons. The monoisotopic (exact) mass is 1040 g/mol. The zero-order valence-corrected chi connectivity index (χ0v) is 41.8. The van der Waals surface area contributed by atoms with Crippen LogP contribution in [0.1, 0.15) is 88.2 Å². The summed E-state index contributed by atoms with van der Waals surface area (Å²) in [5.41, 5.74) is 2.63. The summed E-state index contributed by atoms with van der Waals surface area (Å²) in [5.74, 6) is -3.31. The number of Topliss-reactive ketones (excluding diaryl/α,β-unsaturated/α-hetero) is 2. The molecule has 0 spiro atoms. The van der Waals surface area contributed by atoms with E-state index in [-0.39, 0.29) is 43.9 Å². The third kappa shape index (κ3) is 13.2. The van der Waals surface area contributed by atoms with E-state index in [1.54, 1.807) is 57.2 Å². The molecule has 0 saturated carbocycles. The number of nitrogens with one attached hydrogen (secondary N) is 4. The van der Waals surface area contributed by atoms with E-state index in [1.807, 2.05) is 0 Å². The summed E-state index contributed by atoms with van der Waals surface area (Å²) in [6.45, 7) is 7.37. The summed E-state index contributed by atoms with van der Waals surface area (Å²) >= 11 is 32.5. The largest absolute Gasteiger partial charge is 0.496 e. The van der Waals surface area contributed by atoms with E-state index in [1.165, 1.54) is 68.8 Å². The fourth-order valence-corrected chi connectivity index (χ4v) is 7.91. The number of halogens is 5. The molecule has 0 aliphatic heterocycles. The number of ketones is 2. The van der Waals surface area contributed by atoms with E-state index in [9.17, 15) is 28.8 Å². The second-order valence-electron chi connectivity index (χ2n) is 15.1. The zero-order chi connectivity index (χ0) is 50.7. The summed E-state index contributed by atoms with van der Waals surface area (Å²) in [6, 6.07) is 20.0. The Morgan fingerprint density at radius 2 is 0.942 bits per heavy atom. The minimum Gasteiger partial charge on any atom is -0.496 e. The maximum Gasteiger partial charge on any atom is 0.258 e. The van der Waals surface area contributed by atoms with Crippen LogP contribution in [0.25, 0.3) is 0 Å². The zero-order valence-electron chi connectivity index (χ0n) is 38.0. The van der Waals surface area contributed by atoms with Gasteiger partial charge in [-0.1, -0.05) is 47.5 Å². The standard InChI is InChI=1S/C48H45Cl5N8O8/c1-23(49)31-22-28(54-47(66)43(26(4)62)60-58-35-16-8-12-29(41(35)52)45(64)56-33-14-10-18-37(68-6)39(33)24(2)50)20-21-32(31)55-48(67)44(27(5)63)61-59-36-17-9-13-30(42(36)53)46(65)57-34-15-11-19-38(69-7)40(34)25(3)51/h8-25,43-44H,1-7H3,(H,54,66)(H,55,67)(H,56,64)(H,57,65). The molecule has 5 atom stereocenters. The van der Waals surface area contributed by atoms with Gasteiger partial charge in [-0.2, -0.15) is 20.5 Å². The molecule has 5 aromatic carbocycles. The third-order valence-corrected chi connectivity index (χ3v) is 11.6. The normalized spacial score (nSPS) is 13.4. The highest BCUT2D eigenvalue weighted by Gasteiger charge is 2.28. The number of nitrogens with zero attached hydrogens (tertiary/aromatic N) is 4. The van der Waals surface area contributed by atoms with Crippen molar-refractivity contribution < 1.29 is 38.2 Å². The first-order valence-corrected chi connectivity index (χ1v) is 22.9. The van der Waals surface area contributed by atoms with E-state index < -0.39 is 63.4 Å². The van der Waals surface area contributed by atoms with Gasteiger partial charge >= 0.3 is 0 Å². The second kappa shape index (κ2) is 24.2. The molecule has 4 amide bonds. The summed E-state index contributed by atoms with van der Waals surface area (Å²) in [5, 5.41) is 24.9. The molecule has 69 heavy (non-hydrogen) atoms. The van der Waals surface area contributed by atoms with Gasteiger partial charge < -0.3 is 30.7 Å². The Bertz CT molecular complexity index is 2860. The Balaban J connectivity index is 1.30. The average molecular weight is 1040 g/mol. The van der Waals surface area contributed by atoms with Crippen LogP contribution in [-0.2, 0) is 19.2 Å². The minimum absolute atomic E-state index is 0.000700. The summed E-state index contributed by atoms with van der Waals surface area (Å²) in [4.78, 5) is 79.3. The fourth-order valence-electron chi connectivity index (χ4n) is 6.78. The van der Waals surface area contributed by atoms with Gasteiger partial charge in [0.1, 0.15) is 22.9 Å². The lowest BCUT2D eigenvalue weighted by atomic mass is 10.1. The van der Waals surface area contributed by atoms with Gasteiger partial charge in [0.05, 0.1) is 51.5 Å². The molecule has 0 bridgehead atoms. The number of hydrogen-bond donors (Lipinski definition) is 4. The molecule has 16 nitrogen and oxygen atoms in total. The number of hydrogen-bond acceptors (Lipinski definition) is 12. The van der Waals surface area contributed by atoms with Crippen LogP contribution in [0.4, 0.5) is 34.1 Å². The Hall–Kier alpha value is -6.43. The number of anilines is 4. The molecular formula is C48H45Cl5N8O8. The Kier molecular flexibility index (Phi) is 18.8. The molecule has 4 N–H and O–H groups in total. The quantitative estimate of drug-likeness (QED) is 0.0353. The van der Waals surface area contributed by atoms with Crippen LogP contribution in [-0.4, -0.2) is 61.5 Å². The van der Waals surface area contributed by atoms with Gasteiger partial charge in [-0.05, 0) is 107 Å². The fraction of sp³-hybridized carbons (Fsp3) is 0.250. The number of rotatable bonds is 19. The number of benzene rings is 5. The van der Waals surface area contributed by atoms with Crippen LogP contribution in [0.3, 0.4) is 0 Å². The molecular weight excluding hydrogens is 994 g/mol. The van der Waals surface area contributed by atoms with Crippen molar-refractivity contribution in [1.29, 1.82) is 0 Å². The first kappa shape index (κ1) is 53.5. The third-order valence-electron chi connectivity index (χ3n) is 10.1. The van der Waals surface area contributed by atoms with Crippen LogP contribution >= 0.6 is 58.0 Å². The molecule has 0 aromatic heterocycles. The highest BCUT2D eigenvalue weighted by Crippen LogP contribution is 2.39. The van der Waals surface area contributed by atoms with E-state index in [4.69, 9.17) is 67.5 Å². The van der Waals surface area contributed by atoms with Crippen LogP contribution < -0.4 is 30.7 Å². The topological polar surface area (TPSA) is 218 Å². The number of azo groups is 2. The van der Waals surface area contributed by atoms with Crippen LogP contribution in [0.2, 0.25) is 10.0 Å². The second-order valence-corrected chi connectivity index (χ2v) is 17.8. The lowest BCUT2D eigenvalue weighted by Gasteiger charge is -2.17. The maximum absolute atomic E-state index is 13.6. The molecule has 0 aliphatic rings. The van der Waals surface area contributed by atoms with Crippen molar-refractivity contribution in [2.75, 3.05) is 35.5 Å². The predicted octanol–water partition coefficient (Wildman–Crippen LogP) is 12.8. The van der Waals surface area contributed by atoms with Crippen LogP contribution in [0, 0.1) is 0 Å². The Morgan fingerprint density at radius 1 is 0.522 bits per heavy atom. The summed E-state index contributed by atoms with van der Waals surface area (Å²) in [7, 11) is 2.97. The van der Waals surface area contributed by atoms with Crippen molar-refractivity contribution in [2.24, 2.45) is 20.5 Å². The van der Waals surface area contributed by atoms with Gasteiger partial charge in [-0.15, -0.1) is 34.8 Å². The highest BCUT2D eigenvalue weighted by molar-refractivity contribution is 6.37. The van der Waals surface area contributed by atoms with Gasteiger partial charge in [0.25, 0.3) is 23.6 Å². The summed E-state index contributed by atoms with van der Waals surface area (Å²) < 4.78 is 10.8. The first-order chi connectivity index (χ1) is 32.8. The van der Waals surface area contributed by atoms with Gasteiger partial charge in [-0.25, -0.2) is 0 Å². The van der Waals surface area contributed by atoms with Crippen molar-refractivity contribution in [3.8, 4) is 11.5 Å². The first-order valence-electron chi connectivity index (χ1n) is 20.8. The SMILES string of the molecule is COc1cccc(NC(=O)c2cccc(N=NC(C(C)=O)C(=O)Nc3ccc(NC(=O)C(N=Nc4cccc(C(=O)Nc5cccc(OC)c5C(C)Cl)c4Cl)C(C)=O)c(C(C)Cl)c3)c2Cl)c1C(C)Cl. The molecule has 360 valence electrons. The van der Waals surface area contributed by atoms with Crippen molar-refractivity contribution >= 4 is 127 Å². The van der Waals surface area contributed by atoms with E-state index in [2.05, 4.69) is 41.7 Å². The van der Waals surface area contributed by atoms with Crippen LogP contribution in [0.15, 0.2) is 111 Å². The average Bonchev–Trinajstić information content (AvgIpc) is 3.29. The molecule has 0 heterocycles. The van der Waals surface area contributed by atoms with Gasteiger partial charge in [0.15, 0.2) is 11.6 Å². The molecule has 0 saturated heterocycles. The number of methoxy groups -OCH3 is 2. The predicted molar refractivity (Wildman–Crippen MR) is 269 cm³/mol. The van der Waals surface area contributed by atoms with Crippen molar-refractivity contribution in [3.05, 3.63) is 129 Å². The Labute approximate surface area is 422 Å². The minimum atomic E-state index is -1.66. The Morgan fingerprint density at radius 3 is 1.33 bits per heavy atom. The lowest BCUT2D eigenvalue weighted by Crippen LogP contribution is -2.32. The molecule has 21 heteroatoms. The van der Waals surface area contributed by atoms with Crippen molar-refractivity contribution in [2.45, 2.75) is 62.8 Å². The van der Waals surface area contributed by atoms with Gasteiger partial charge in [0, 0.05) is 33.9 Å². The lowest BCUT2D eigenvalue weighted by molar-refractivity contribution is -0.127. The van der Waals surface area contributed by atoms with Gasteiger partial charge in [-0.3, -0.25) is 28.8 Å². The molecule has 5 aromatic rings. The van der Waals surface area contributed by atoms with E-state index in [0.717, 1.165) is 13.8 Å². The highest BCUT2D eigenvalue weighted by atomic mass is 35.5.